The van der Waals surface area contributed by atoms with E-state index < -0.39 is 23.5 Å². The van der Waals surface area contributed by atoms with Gasteiger partial charge in [0.05, 0.1) is 26.9 Å². The van der Waals surface area contributed by atoms with Crippen LogP contribution in [0.15, 0.2) is 79.1 Å². The summed E-state index contributed by atoms with van der Waals surface area (Å²) in [5, 5.41) is 40.3. The van der Waals surface area contributed by atoms with Gasteiger partial charge in [-0.3, -0.25) is 4.98 Å². The minimum atomic E-state index is -1.49. The molecule has 0 aliphatic carbocycles. The van der Waals surface area contributed by atoms with Gasteiger partial charge in [-0.05, 0) is 93.1 Å². The summed E-state index contributed by atoms with van der Waals surface area (Å²) < 4.78 is 47.4. The van der Waals surface area contributed by atoms with Crippen molar-refractivity contribution in [3.8, 4) is 34.1 Å². The lowest BCUT2D eigenvalue weighted by molar-refractivity contribution is -0.00260. The normalized spacial score (nSPS) is 12.9. The molecule has 0 aliphatic rings. The van der Waals surface area contributed by atoms with Gasteiger partial charge in [0.25, 0.3) is 0 Å². The van der Waals surface area contributed by atoms with E-state index in [0.29, 0.717) is 38.4 Å². The largest absolute Gasteiger partial charge is 0.507 e. The fraction of sp³-hybridized carbons (Fsp3) is 0.383. The van der Waals surface area contributed by atoms with Crippen LogP contribution in [0.2, 0.25) is 10.0 Å². The molecule has 5 rings (SSSR count). The molecule has 4 aromatic carbocycles. The van der Waals surface area contributed by atoms with Crippen LogP contribution in [0.3, 0.4) is 0 Å². The van der Waals surface area contributed by atoms with Crippen molar-refractivity contribution in [1.82, 2.24) is 15.6 Å². The molecule has 1 aromatic heterocycles. The summed E-state index contributed by atoms with van der Waals surface area (Å²) in [4.78, 5) is 4.27. The topological polar surface area (TPSA) is 137 Å². The van der Waals surface area contributed by atoms with E-state index in [4.69, 9.17) is 37.4 Å². The van der Waals surface area contributed by atoms with E-state index in [1.165, 1.54) is 33.8 Å². The monoisotopic (exact) mass is 880 g/mol. The Hall–Kier alpha value is -4.69. The fourth-order valence-corrected chi connectivity index (χ4v) is 6.88. The summed E-state index contributed by atoms with van der Waals surface area (Å²) in [6, 6.07) is 20.5. The molecule has 2 atom stereocenters. The summed E-state index contributed by atoms with van der Waals surface area (Å²) in [6.45, 7) is 10.6. The maximum Gasteiger partial charge on any atom is 0.142 e. The molecule has 6 N–H and O–H groups in total. The molecule has 0 unspecified atom stereocenters. The van der Waals surface area contributed by atoms with Crippen LogP contribution in [0.25, 0.3) is 11.1 Å². The molecule has 0 fully saturated rings. The number of aliphatic hydroxyl groups is 2. The molecule has 0 saturated heterocycles. The minimum Gasteiger partial charge on any atom is -0.507 e. The van der Waals surface area contributed by atoms with E-state index in [9.17, 15) is 24.1 Å². The molecule has 14 heteroatoms. The highest BCUT2D eigenvalue weighted by Gasteiger charge is 2.27. The Labute approximate surface area is 367 Å². The van der Waals surface area contributed by atoms with Crippen LogP contribution >= 0.6 is 23.2 Å². The number of benzene rings is 4. The maximum absolute atomic E-state index is 14.5. The van der Waals surface area contributed by atoms with Crippen LogP contribution in [0, 0.1) is 13.8 Å². The Morgan fingerprint density at radius 2 is 1.15 bits per heavy atom. The lowest BCUT2D eigenvalue weighted by Gasteiger charge is -2.23. The van der Waals surface area contributed by atoms with Crippen LogP contribution in [-0.4, -0.2) is 64.0 Å². The number of hydrogen-bond acceptors (Lipinski definition) is 10. The van der Waals surface area contributed by atoms with Crippen LogP contribution in [0.1, 0.15) is 66.6 Å². The third-order valence-electron chi connectivity index (χ3n) is 10.5. The first-order valence-electron chi connectivity index (χ1n) is 20.0. The lowest BCUT2D eigenvalue weighted by atomic mass is 9.92. The zero-order chi connectivity index (χ0) is 44.5. The van der Waals surface area contributed by atoms with Crippen molar-refractivity contribution in [2.24, 2.45) is 0 Å². The van der Waals surface area contributed by atoms with Crippen LogP contribution in [0.4, 0.5) is 14.5 Å². The van der Waals surface area contributed by atoms with Gasteiger partial charge in [-0.15, -0.1) is 0 Å². The molecule has 10 nitrogen and oxygen atoms in total. The standard InChI is InChI=1S/C47H56Cl2F2N4O6/c1-28-31(26-60-42-17-40(56)33(15-38(42)48)20-54-23-44(50)46(3,4)57)10-8-12-36(28)37-13-9-11-32(29(37)2)27-61-43-18-41(59-25-30-14-35(52-7)22-53-19-30)34(16-39(43)49)21-55-24-45(51)47(5,6)58/h8-19,22,44-45,52,54-58H,20-21,23-27H2,1-7H3/t44-,45-/m1/s1. The molecule has 0 bridgehead atoms. The van der Waals surface area contributed by atoms with Gasteiger partial charge in [-0.1, -0.05) is 59.6 Å². The van der Waals surface area contributed by atoms with Crippen LogP contribution in [-0.2, 0) is 32.9 Å². The van der Waals surface area contributed by atoms with Gasteiger partial charge in [0, 0.05) is 74.4 Å². The fourth-order valence-electron chi connectivity index (χ4n) is 6.40. The van der Waals surface area contributed by atoms with Crippen molar-refractivity contribution in [3.05, 3.63) is 128 Å². The van der Waals surface area contributed by atoms with Gasteiger partial charge < -0.3 is 45.5 Å². The molecule has 328 valence electrons. The van der Waals surface area contributed by atoms with Crippen LogP contribution in [0.5, 0.6) is 23.0 Å². The average Bonchev–Trinajstić information content (AvgIpc) is 3.21. The zero-order valence-corrected chi connectivity index (χ0v) is 37.1. The predicted molar refractivity (Wildman–Crippen MR) is 239 cm³/mol. The third-order valence-corrected chi connectivity index (χ3v) is 11.1. The second kappa shape index (κ2) is 20.9. The van der Waals surface area contributed by atoms with Crippen molar-refractivity contribution in [3.63, 3.8) is 0 Å². The second-order valence-corrected chi connectivity index (χ2v) is 17.0. The number of ether oxygens (including phenoxy) is 3. The number of alkyl halides is 2. The third kappa shape index (κ3) is 12.9. The Balaban J connectivity index is 1.29. The first-order valence-corrected chi connectivity index (χ1v) is 20.8. The summed E-state index contributed by atoms with van der Waals surface area (Å²) in [7, 11) is 1.81. The van der Waals surface area contributed by atoms with E-state index in [1.807, 2.05) is 57.3 Å². The Kier molecular flexibility index (Phi) is 16.2. The average molecular weight is 882 g/mol. The van der Waals surface area contributed by atoms with E-state index in [1.54, 1.807) is 30.6 Å². The smallest absolute Gasteiger partial charge is 0.142 e. The number of aromatic hydroxyl groups is 1. The van der Waals surface area contributed by atoms with Gasteiger partial charge in [0.2, 0.25) is 0 Å². The number of phenolic OH excluding ortho intramolecular Hbond substituents is 1. The Bertz CT molecular complexity index is 2270. The number of phenols is 1. The molecule has 0 saturated carbocycles. The first-order chi connectivity index (χ1) is 28.8. The number of aromatic nitrogens is 1. The molecular formula is C47H56Cl2F2N4O6. The highest BCUT2D eigenvalue weighted by Crippen LogP contribution is 2.37. The first kappa shape index (κ1) is 47.4. The molecule has 0 spiro atoms. The van der Waals surface area contributed by atoms with E-state index >= 15 is 0 Å². The highest BCUT2D eigenvalue weighted by atomic mass is 35.5. The van der Waals surface area contributed by atoms with Gasteiger partial charge in [-0.25, -0.2) is 8.78 Å². The van der Waals surface area contributed by atoms with Crippen molar-refractivity contribution in [2.45, 2.75) is 98.0 Å². The van der Waals surface area contributed by atoms with Gasteiger partial charge in [0.1, 0.15) is 55.2 Å². The van der Waals surface area contributed by atoms with Gasteiger partial charge >= 0.3 is 0 Å². The SMILES string of the molecule is CNc1cncc(COc2cc(OCc3cccc(-c4cccc(COc5cc(O)c(CNC[C@@H](F)C(C)(C)O)cc5Cl)c4C)c3C)c(Cl)cc2CNC[C@@H](F)C(C)(C)O)c1. The number of rotatable bonds is 21. The molecule has 61 heavy (non-hydrogen) atoms. The zero-order valence-electron chi connectivity index (χ0n) is 35.6. The van der Waals surface area contributed by atoms with E-state index in [0.717, 1.165) is 44.6 Å². The molecule has 0 amide bonds. The summed E-state index contributed by atoms with van der Waals surface area (Å²) in [5.41, 5.74) is 5.78. The number of nitrogens with one attached hydrogen (secondary N) is 3. The van der Waals surface area contributed by atoms with Crippen LogP contribution < -0.4 is 30.2 Å². The minimum absolute atomic E-state index is 0.0496. The van der Waals surface area contributed by atoms with Crippen molar-refractivity contribution >= 4 is 28.9 Å². The van der Waals surface area contributed by atoms with Gasteiger partial charge in [-0.2, -0.15) is 0 Å². The summed E-state index contributed by atoms with van der Waals surface area (Å²) in [5.74, 6) is 1.17. The number of hydrogen-bond donors (Lipinski definition) is 6. The lowest BCUT2D eigenvalue weighted by Crippen LogP contribution is -2.40. The second-order valence-electron chi connectivity index (χ2n) is 16.2. The quantitative estimate of drug-likeness (QED) is 0.0423. The molecule has 0 radical (unpaired) electrons. The van der Waals surface area contributed by atoms with E-state index in [-0.39, 0.29) is 51.7 Å². The van der Waals surface area contributed by atoms with Crippen molar-refractivity contribution < 1.29 is 38.3 Å². The summed E-state index contributed by atoms with van der Waals surface area (Å²) in [6.07, 6.45) is 0.465. The Morgan fingerprint density at radius 3 is 1.67 bits per heavy atom. The number of halogens is 4. The highest BCUT2D eigenvalue weighted by molar-refractivity contribution is 6.32. The Morgan fingerprint density at radius 1 is 0.656 bits per heavy atom. The number of anilines is 1. The molecule has 0 aliphatic heterocycles. The molecule has 5 aromatic rings. The number of nitrogens with zero attached hydrogens (tertiary/aromatic N) is 1. The molecular weight excluding hydrogens is 825 g/mol. The van der Waals surface area contributed by atoms with Gasteiger partial charge in [0.15, 0.2) is 0 Å². The van der Waals surface area contributed by atoms with E-state index in [2.05, 4.69) is 27.0 Å². The summed E-state index contributed by atoms with van der Waals surface area (Å²) >= 11 is 13.3. The predicted octanol–water partition coefficient (Wildman–Crippen LogP) is 9.55. The number of pyridine rings is 1. The maximum atomic E-state index is 14.5. The molecule has 1 heterocycles. The van der Waals surface area contributed by atoms with Crippen molar-refractivity contribution in [1.29, 1.82) is 0 Å². The van der Waals surface area contributed by atoms with Crippen molar-refractivity contribution in [2.75, 3.05) is 25.5 Å².